The third kappa shape index (κ3) is 2.39. The Balaban J connectivity index is 2.24. The number of hydrogen-bond donors (Lipinski definition) is 1. The summed E-state index contributed by atoms with van der Waals surface area (Å²) in [4.78, 5) is 16.9. The van der Waals surface area contributed by atoms with Gasteiger partial charge in [0.25, 0.3) is 0 Å². The molecule has 1 aliphatic rings. The standard InChI is InChI=1S/C18H16N2O2/c1-2-22-18(21)15(12-8-4-3-5-9-12)16-13-10-6-7-11-14(13)17(19)20-16/h3-11H,2H2,1H3,(H2,19,20)/b16-15-. The van der Waals surface area contributed by atoms with Crippen molar-refractivity contribution in [3.8, 4) is 0 Å². The lowest BCUT2D eigenvalue weighted by Crippen LogP contribution is -2.09. The van der Waals surface area contributed by atoms with Gasteiger partial charge in [-0.15, -0.1) is 0 Å². The first kappa shape index (κ1) is 14.1. The van der Waals surface area contributed by atoms with Gasteiger partial charge in [-0.05, 0) is 12.5 Å². The van der Waals surface area contributed by atoms with E-state index in [0.29, 0.717) is 23.7 Å². The van der Waals surface area contributed by atoms with Crippen molar-refractivity contribution in [2.45, 2.75) is 6.92 Å². The Bertz CT molecular complexity index is 777. The van der Waals surface area contributed by atoms with Gasteiger partial charge in [-0.1, -0.05) is 54.6 Å². The van der Waals surface area contributed by atoms with Crippen LogP contribution in [0.1, 0.15) is 23.6 Å². The Morgan fingerprint density at radius 3 is 2.36 bits per heavy atom. The van der Waals surface area contributed by atoms with Gasteiger partial charge < -0.3 is 10.5 Å². The van der Waals surface area contributed by atoms with Crippen molar-refractivity contribution in [3.05, 3.63) is 71.3 Å². The number of aliphatic imine (C=N–C) groups is 1. The minimum atomic E-state index is -0.392. The van der Waals surface area contributed by atoms with E-state index in [-0.39, 0.29) is 0 Å². The molecule has 0 saturated carbocycles. The Morgan fingerprint density at radius 1 is 1.05 bits per heavy atom. The van der Waals surface area contributed by atoms with Crippen molar-refractivity contribution in [3.63, 3.8) is 0 Å². The summed E-state index contributed by atoms with van der Waals surface area (Å²) in [7, 11) is 0. The molecule has 0 atom stereocenters. The van der Waals surface area contributed by atoms with Gasteiger partial charge in [0.05, 0.1) is 17.9 Å². The van der Waals surface area contributed by atoms with Crippen LogP contribution in [0.4, 0.5) is 0 Å². The molecule has 1 heterocycles. The number of carbonyl (C=O) groups is 1. The molecule has 0 spiro atoms. The first-order valence-corrected chi connectivity index (χ1v) is 7.13. The van der Waals surface area contributed by atoms with Crippen LogP contribution in [0, 0.1) is 0 Å². The van der Waals surface area contributed by atoms with Crippen LogP contribution in [0.15, 0.2) is 59.6 Å². The number of ether oxygens (including phenoxy) is 1. The predicted octanol–water partition coefficient (Wildman–Crippen LogP) is 2.84. The zero-order chi connectivity index (χ0) is 15.5. The molecule has 2 aromatic rings. The number of rotatable bonds is 3. The third-order valence-electron chi connectivity index (χ3n) is 3.47. The zero-order valence-electron chi connectivity index (χ0n) is 12.2. The van der Waals surface area contributed by atoms with Crippen LogP contribution in [0.3, 0.4) is 0 Å². The molecule has 22 heavy (non-hydrogen) atoms. The Kier molecular flexibility index (Phi) is 3.74. The number of nitrogens with zero attached hydrogens (tertiary/aromatic N) is 1. The Morgan fingerprint density at radius 2 is 1.68 bits per heavy atom. The van der Waals surface area contributed by atoms with Gasteiger partial charge in [0.1, 0.15) is 5.84 Å². The molecule has 0 aliphatic carbocycles. The maximum Gasteiger partial charge on any atom is 0.340 e. The minimum absolute atomic E-state index is 0.309. The molecule has 4 heteroatoms. The van der Waals surface area contributed by atoms with Gasteiger partial charge in [0, 0.05) is 11.1 Å². The molecule has 0 bridgehead atoms. The lowest BCUT2D eigenvalue weighted by molar-refractivity contribution is -0.136. The minimum Gasteiger partial charge on any atom is -0.462 e. The topological polar surface area (TPSA) is 64.7 Å². The van der Waals surface area contributed by atoms with Crippen molar-refractivity contribution < 1.29 is 9.53 Å². The molecule has 0 amide bonds. The summed E-state index contributed by atoms with van der Waals surface area (Å²) in [5.41, 5.74) is 9.46. The van der Waals surface area contributed by atoms with Crippen LogP contribution in [-0.2, 0) is 9.53 Å². The number of benzene rings is 2. The summed E-state index contributed by atoms with van der Waals surface area (Å²) in [5, 5.41) is 0. The van der Waals surface area contributed by atoms with Crippen molar-refractivity contribution >= 4 is 23.1 Å². The summed E-state index contributed by atoms with van der Waals surface area (Å²) in [6.45, 7) is 2.09. The highest BCUT2D eigenvalue weighted by Gasteiger charge is 2.26. The lowest BCUT2D eigenvalue weighted by Gasteiger charge is -2.10. The molecular formula is C18H16N2O2. The highest BCUT2D eigenvalue weighted by Crippen LogP contribution is 2.34. The first-order valence-electron chi connectivity index (χ1n) is 7.13. The number of fused-ring (bicyclic) bond motifs is 1. The van der Waals surface area contributed by atoms with Gasteiger partial charge in [0.2, 0.25) is 0 Å². The van der Waals surface area contributed by atoms with Gasteiger partial charge in [-0.2, -0.15) is 0 Å². The van der Waals surface area contributed by atoms with Gasteiger partial charge in [-0.3, -0.25) is 0 Å². The average Bonchev–Trinajstić information content (AvgIpc) is 2.86. The van der Waals surface area contributed by atoms with E-state index in [0.717, 1.165) is 16.7 Å². The van der Waals surface area contributed by atoms with E-state index < -0.39 is 5.97 Å². The summed E-state index contributed by atoms with van der Waals surface area (Å²) in [6.07, 6.45) is 0. The maximum absolute atomic E-state index is 12.5. The molecule has 0 unspecified atom stereocenters. The van der Waals surface area contributed by atoms with E-state index in [9.17, 15) is 4.79 Å². The summed E-state index contributed by atoms with van der Waals surface area (Å²) in [5.74, 6) is 0.0280. The van der Waals surface area contributed by atoms with E-state index in [1.807, 2.05) is 54.6 Å². The smallest absolute Gasteiger partial charge is 0.340 e. The number of hydrogen-bond acceptors (Lipinski definition) is 4. The Hall–Kier alpha value is -2.88. The van der Waals surface area contributed by atoms with Crippen LogP contribution in [-0.4, -0.2) is 18.4 Å². The fraction of sp³-hybridized carbons (Fsp3) is 0.111. The molecule has 0 radical (unpaired) electrons. The molecule has 0 saturated heterocycles. The van der Waals surface area contributed by atoms with E-state index in [1.165, 1.54) is 0 Å². The molecule has 0 aromatic heterocycles. The fourth-order valence-corrected chi connectivity index (χ4v) is 2.50. The monoisotopic (exact) mass is 292 g/mol. The summed E-state index contributed by atoms with van der Waals surface area (Å²) < 4.78 is 5.21. The van der Waals surface area contributed by atoms with Crippen molar-refractivity contribution in [2.75, 3.05) is 6.61 Å². The fourth-order valence-electron chi connectivity index (χ4n) is 2.50. The number of nitrogens with two attached hydrogens (primary N) is 1. The second-order valence-corrected chi connectivity index (χ2v) is 4.85. The molecule has 2 aromatic carbocycles. The number of carbonyl (C=O) groups excluding carboxylic acids is 1. The van der Waals surface area contributed by atoms with Crippen molar-refractivity contribution in [1.82, 2.24) is 0 Å². The quantitative estimate of drug-likeness (QED) is 0.699. The van der Waals surface area contributed by atoms with Crippen molar-refractivity contribution in [2.24, 2.45) is 10.7 Å². The molecule has 1 aliphatic heterocycles. The van der Waals surface area contributed by atoms with E-state index in [2.05, 4.69) is 4.99 Å². The van der Waals surface area contributed by atoms with Gasteiger partial charge >= 0.3 is 5.97 Å². The summed E-state index contributed by atoms with van der Waals surface area (Å²) >= 11 is 0. The van der Waals surface area contributed by atoms with E-state index in [1.54, 1.807) is 6.92 Å². The normalized spacial score (nSPS) is 15.0. The van der Waals surface area contributed by atoms with Crippen LogP contribution >= 0.6 is 0 Å². The van der Waals surface area contributed by atoms with E-state index in [4.69, 9.17) is 10.5 Å². The molecule has 2 N–H and O–H groups in total. The van der Waals surface area contributed by atoms with Crippen LogP contribution in [0.5, 0.6) is 0 Å². The second-order valence-electron chi connectivity index (χ2n) is 4.85. The molecule has 110 valence electrons. The van der Waals surface area contributed by atoms with Crippen LogP contribution < -0.4 is 5.73 Å². The second kappa shape index (κ2) is 5.85. The highest BCUT2D eigenvalue weighted by molar-refractivity contribution is 6.28. The van der Waals surface area contributed by atoms with Crippen molar-refractivity contribution in [1.29, 1.82) is 0 Å². The highest BCUT2D eigenvalue weighted by atomic mass is 16.5. The van der Waals surface area contributed by atoms with Crippen LogP contribution in [0.2, 0.25) is 0 Å². The number of amidine groups is 1. The SMILES string of the molecule is CCOC(=O)/C(=C1\N=C(N)c2ccccc21)c1ccccc1. The Labute approximate surface area is 128 Å². The predicted molar refractivity (Wildman–Crippen MR) is 87.1 cm³/mol. The molecule has 0 fully saturated rings. The molecule has 3 rings (SSSR count). The van der Waals surface area contributed by atoms with Gasteiger partial charge in [-0.25, -0.2) is 9.79 Å². The number of esters is 1. The molecule has 4 nitrogen and oxygen atoms in total. The average molecular weight is 292 g/mol. The molecular weight excluding hydrogens is 276 g/mol. The first-order chi connectivity index (χ1) is 10.7. The largest absolute Gasteiger partial charge is 0.462 e. The lowest BCUT2D eigenvalue weighted by atomic mass is 9.98. The van der Waals surface area contributed by atoms with Crippen LogP contribution in [0.25, 0.3) is 11.3 Å². The zero-order valence-corrected chi connectivity index (χ0v) is 12.2. The third-order valence-corrected chi connectivity index (χ3v) is 3.47. The maximum atomic E-state index is 12.5. The summed E-state index contributed by atoms with van der Waals surface area (Å²) in [6, 6.07) is 17.0. The van der Waals surface area contributed by atoms with E-state index >= 15 is 0 Å². The van der Waals surface area contributed by atoms with Gasteiger partial charge in [0.15, 0.2) is 0 Å².